The molecule has 86 valence electrons. The quantitative estimate of drug-likeness (QED) is 0.685. The maximum atomic E-state index is 5.13. The van der Waals surface area contributed by atoms with Crippen LogP contribution < -0.4 is 16.0 Å². The van der Waals surface area contributed by atoms with Gasteiger partial charge < -0.3 is 16.0 Å². The van der Waals surface area contributed by atoms with Gasteiger partial charge in [-0.2, -0.15) is 0 Å². The lowest BCUT2D eigenvalue weighted by Crippen LogP contribution is -2.55. The molecule has 3 nitrogen and oxygen atoms in total. The maximum Gasteiger partial charge on any atom is 0.168 e. The van der Waals surface area contributed by atoms with Gasteiger partial charge in [0.2, 0.25) is 0 Å². The van der Waals surface area contributed by atoms with Crippen molar-refractivity contribution in [3.05, 3.63) is 29.8 Å². The van der Waals surface area contributed by atoms with Crippen LogP contribution in [0.25, 0.3) is 0 Å². The number of thiocarbonyl (C=S) groups is 1. The standard InChI is InChI=1S/C12H17N3S/c1-8-3-5-10(6-4-8)14-11-7-9(2)13-12(16)15-11/h3-6,9,11,14H,7H2,1-2H3,(H2,13,15,16)/t9-,11-/m1/s1. The highest BCUT2D eigenvalue weighted by atomic mass is 32.1. The van der Waals surface area contributed by atoms with Gasteiger partial charge in [-0.25, -0.2) is 0 Å². The summed E-state index contributed by atoms with van der Waals surface area (Å²) in [6.07, 6.45) is 1.22. The van der Waals surface area contributed by atoms with Gasteiger partial charge in [0.25, 0.3) is 0 Å². The molecule has 16 heavy (non-hydrogen) atoms. The highest BCUT2D eigenvalue weighted by Gasteiger charge is 2.19. The van der Waals surface area contributed by atoms with E-state index >= 15 is 0 Å². The molecule has 2 atom stereocenters. The van der Waals surface area contributed by atoms with Crippen molar-refractivity contribution in [2.24, 2.45) is 0 Å². The molecule has 2 rings (SSSR count). The second-order valence-electron chi connectivity index (χ2n) is 4.32. The summed E-state index contributed by atoms with van der Waals surface area (Å²) in [6, 6.07) is 8.80. The zero-order valence-corrected chi connectivity index (χ0v) is 10.4. The lowest BCUT2D eigenvalue weighted by molar-refractivity contribution is 0.475. The first-order valence-electron chi connectivity index (χ1n) is 5.54. The predicted octanol–water partition coefficient (Wildman–Crippen LogP) is 1.99. The van der Waals surface area contributed by atoms with Crippen LogP contribution in [0.1, 0.15) is 18.9 Å². The Morgan fingerprint density at radius 3 is 2.56 bits per heavy atom. The Hall–Kier alpha value is -1.29. The van der Waals surface area contributed by atoms with Crippen LogP contribution in [0.3, 0.4) is 0 Å². The zero-order chi connectivity index (χ0) is 11.5. The Labute approximate surface area is 102 Å². The largest absolute Gasteiger partial charge is 0.365 e. The number of hydrogen-bond donors (Lipinski definition) is 3. The van der Waals surface area contributed by atoms with E-state index in [1.165, 1.54) is 5.56 Å². The molecule has 1 aromatic rings. The van der Waals surface area contributed by atoms with Crippen molar-refractivity contribution in [2.45, 2.75) is 32.5 Å². The SMILES string of the molecule is Cc1ccc(N[C@H]2C[C@@H](C)NC(=S)N2)cc1. The number of anilines is 1. The second-order valence-corrected chi connectivity index (χ2v) is 4.73. The van der Waals surface area contributed by atoms with Crippen LogP contribution in [0.2, 0.25) is 0 Å². The minimum Gasteiger partial charge on any atom is -0.365 e. The lowest BCUT2D eigenvalue weighted by atomic mass is 10.1. The maximum absolute atomic E-state index is 5.13. The molecule has 0 amide bonds. The van der Waals surface area contributed by atoms with Crippen LogP contribution in [-0.2, 0) is 0 Å². The summed E-state index contributed by atoms with van der Waals surface area (Å²) in [7, 11) is 0. The van der Waals surface area contributed by atoms with E-state index < -0.39 is 0 Å². The molecule has 0 spiro atoms. The van der Waals surface area contributed by atoms with Crippen molar-refractivity contribution in [3.63, 3.8) is 0 Å². The number of nitrogens with one attached hydrogen (secondary N) is 3. The predicted molar refractivity (Wildman–Crippen MR) is 71.5 cm³/mol. The van der Waals surface area contributed by atoms with Crippen molar-refractivity contribution in [1.29, 1.82) is 0 Å². The average molecular weight is 235 g/mol. The summed E-state index contributed by atoms with van der Waals surface area (Å²) >= 11 is 5.13. The monoisotopic (exact) mass is 235 g/mol. The molecular weight excluding hydrogens is 218 g/mol. The smallest absolute Gasteiger partial charge is 0.168 e. The molecule has 0 saturated carbocycles. The summed E-state index contributed by atoms with van der Waals surface area (Å²) in [5.74, 6) is 0. The van der Waals surface area contributed by atoms with E-state index in [4.69, 9.17) is 12.2 Å². The molecule has 1 aliphatic rings. The fourth-order valence-electron chi connectivity index (χ4n) is 1.84. The van der Waals surface area contributed by atoms with Gasteiger partial charge in [-0.3, -0.25) is 0 Å². The van der Waals surface area contributed by atoms with Crippen LogP contribution in [0.15, 0.2) is 24.3 Å². The van der Waals surface area contributed by atoms with E-state index in [1.807, 2.05) is 0 Å². The Morgan fingerprint density at radius 2 is 1.94 bits per heavy atom. The molecule has 1 fully saturated rings. The highest BCUT2D eigenvalue weighted by molar-refractivity contribution is 7.80. The molecule has 0 unspecified atom stereocenters. The van der Waals surface area contributed by atoms with Crippen molar-refractivity contribution < 1.29 is 0 Å². The normalized spacial score (nSPS) is 24.5. The van der Waals surface area contributed by atoms with Gasteiger partial charge >= 0.3 is 0 Å². The molecular formula is C12H17N3S. The van der Waals surface area contributed by atoms with Crippen molar-refractivity contribution >= 4 is 23.0 Å². The molecule has 1 aliphatic heterocycles. The Kier molecular flexibility index (Phi) is 3.29. The summed E-state index contributed by atoms with van der Waals surface area (Å²) in [5, 5.41) is 10.6. The third kappa shape index (κ3) is 2.85. The first-order chi connectivity index (χ1) is 7.63. The average Bonchev–Trinajstić information content (AvgIpc) is 2.20. The highest BCUT2D eigenvalue weighted by Crippen LogP contribution is 2.12. The number of aryl methyl sites for hydroxylation is 1. The number of rotatable bonds is 2. The van der Waals surface area contributed by atoms with Gasteiger partial charge in [0.15, 0.2) is 5.11 Å². The fourth-order valence-corrected chi connectivity index (χ4v) is 2.18. The zero-order valence-electron chi connectivity index (χ0n) is 9.58. The van der Waals surface area contributed by atoms with Gasteiger partial charge in [0.05, 0.1) is 0 Å². The van der Waals surface area contributed by atoms with E-state index in [9.17, 15) is 0 Å². The molecule has 0 radical (unpaired) electrons. The van der Waals surface area contributed by atoms with E-state index in [1.54, 1.807) is 0 Å². The van der Waals surface area contributed by atoms with Crippen LogP contribution in [0, 0.1) is 6.92 Å². The Balaban J connectivity index is 1.98. The van der Waals surface area contributed by atoms with Gasteiger partial charge in [-0.1, -0.05) is 17.7 Å². The summed E-state index contributed by atoms with van der Waals surface area (Å²) in [4.78, 5) is 0. The first kappa shape index (κ1) is 11.2. The molecule has 1 aromatic carbocycles. The minimum absolute atomic E-state index is 0.214. The Morgan fingerprint density at radius 1 is 1.25 bits per heavy atom. The van der Waals surface area contributed by atoms with Crippen LogP contribution >= 0.6 is 12.2 Å². The topological polar surface area (TPSA) is 36.1 Å². The van der Waals surface area contributed by atoms with Gasteiger partial charge in [-0.15, -0.1) is 0 Å². The van der Waals surface area contributed by atoms with Crippen LogP contribution in [-0.4, -0.2) is 17.3 Å². The molecule has 0 aliphatic carbocycles. The summed E-state index contributed by atoms with van der Waals surface area (Å²) in [5.41, 5.74) is 2.40. The van der Waals surface area contributed by atoms with Crippen molar-refractivity contribution in [3.8, 4) is 0 Å². The molecule has 3 N–H and O–H groups in total. The summed E-state index contributed by atoms with van der Waals surface area (Å²) < 4.78 is 0. The van der Waals surface area contributed by atoms with E-state index in [0.29, 0.717) is 6.04 Å². The first-order valence-corrected chi connectivity index (χ1v) is 5.94. The molecule has 1 saturated heterocycles. The molecule has 0 bridgehead atoms. The number of hydrogen-bond acceptors (Lipinski definition) is 2. The molecule has 1 heterocycles. The van der Waals surface area contributed by atoms with Crippen LogP contribution in [0.4, 0.5) is 5.69 Å². The Bertz CT molecular complexity index is 374. The van der Waals surface area contributed by atoms with Gasteiger partial charge in [0, 0.05) is 18.2 Å². The number of benzene rings is 1. The van der Waals surface area contributed by atoms with Crippen molar-refractivity contribution in [2.75, 3.05) is 5.32 Å². The molecule has 4 heteroatoms. The van der Waals surface area contributed by atoms with E-state index in [-0.39, 0.29) is 6.17 Å². The van der Waals surface area contributed by atoms with Gasteiger partial charge in [0.1, 0.15) is 6.17 Å². The third-order valence-corrected chi connectivity index (χ3v) is 2.90. The summed E-state index contributed by atoms with van der Waals surface area (Å²) in [6.45, 7) is 4.22. The van der Waals surface area contributed by atoms with Gasteiger partial charge in [-0.05, 0) is 38.2 Å². The third-order valence-electron chi connectivity index (χ3n) is 2.66. The fraction of sp³-hybridized carbons (Fsp3) is 0.417. The molecule has 0 aromatic heterocycles. The van der Waals surface area contributed by atoms with Crippen molar-refractivity contribution in [1.82, 2.24) is 10.6 Å². The minimum atomic E-state index is 0.214. The van der Waals surface area contributed by atoms with E-state index in [2.05, 4.69) is 54.1 Å². The van der Waals surface area contributed by atoms with Crippen LogP contribution in [0.5, 0.6) is 0 Å². The lowest BCUT2D eigenvalue weighted by Gasteiger charge is -2.32. The van der Waals surface area contributed by atoms with E-state index in [0.717, 1.165) is 17.2 Å². The second kappa shape index (κ2) is 4.70.